The summed E-state index contributed by atoms with van der Waals surface area (Å²) in [5.41, 5.74) is -0.113. The lowest BCUT2D eigenvalue weighted by molar-refractivity contribution is -0.103. The summed E-state index contributed by atoms with van der Waals surface area (Å²) in [6, 6.07) is 0. The molecule has 0 aromatic carbocycles. The molecule has 2 heterocycles. The lowest BCUT2D eigenvalue weighted by Crippen LogP contribution is -2.37. The van der Waals surface area contributed by atoms with Gasteiger partial charge in [-0.05, 0) is 20.8 Å². The predicted octanol–water partition coefficient (Wildman–Crippen LogP) is 1.60. The molecule has 4 atom stereocenters. The van der Waals surface area contributed by atoms with Crippen molar-refractivity contribution in [2.24, 2.45) is 5.92 Å². The quantitative estimate of drug-likeness (QED) is 0.643. The van der Waals surface area contributed by atoms with Crippen LogP contribution in [0.4, 0.5) is 0 Å². The first kappa shape index (κ1) is 10.4. The van der Waals surface area contributed by atoms with Gasteiger partial charge in [-0.3, -0.25) is 0 Å². The zero-order valence-electron chi connectivity index (χ0n) is 9.45. The largest absolute Gasteiger partial charge is 0.372 e. The second-order valence-corrected chi connectivity index (χ2v) is 5.34. The SMILES string of the molecule is C[C@H]1COC2C1OC[C@H]2OC(C)(C)C. The van der Waals surface area contributed by atoms with Crippen LogP contribution in [0.5, 0.6) is 0 Å². The van der Waals surface area contributed by atoms with Crippen LogP contribution in [0.25, 0.3) is 0 Å². The zero-order valence-corrected chi connectivity index (χ0v) is 9.45. The van der Waals surface area contributed by atoms with Gasteiger partial charge in [-0.2, -0.15) is 0 Å². The molecule has 0 aromatic rings. The van der Waals surface area contributed by atoms with Crippen molar-refractivity contribution in [3.63, 3.8) is 0 Å². The number of hydrogen-bond acceptors (Lipinski definition) is 3. The van der Waals surface area contributed by atoms with Gasteiger partial charge < -0.3 is 14.2 Å². The van der Waals surface area contributed by atoms with Gasteiger partial charge >= 0.3 is 0 Å². The summed E-state index contributed by atoms with van der Waals surface area (Å²) in [6.45, 7) is 9.86. The van der Waals surface area contributed by atoms with Crippen LogP contribution < -0.4 is 0 Å². The van der Waals surface area contributed by atoms with Crippen LogP contribution in [0.2, 0.25) is 0 Å². The smallest absolute Gasteiger partial charge is 0.112 e. The van der Waals surface area contributed by atoms with Crippen LogP contribution >= 0.6 is 0 Å². The van der Waals surface area contributed by atoms with Crippen molar-refractivity contribution < 1.29 is 14.2 Å². The molecule has 2 aliphatic heterocycles. The van der Waals surface area contributed by atoms with Gasteiger partial charge in [0.15, 0.2) is 0 Å². The van der Waals surface area contributed by atoms with Crippen LogP contribution in [0.3, 0.4) is 0 Å². The van der Waals surface area contributed by atoms with Crippen molar-refractivity contribution >= 4 is 0 Å². The van der Waals surface area contributed by atoms with Gasteiger partial charge in [0.05, 0.1) is 24.9 Å². The first-order chi connectivity index (χ1) is 6.47. The van der Waals surface area contributed by atoms with Gasteiger partial charge in [0, 0.05) is 5.92 Å². The molecule has 0 bridgehead atoms. The van der Waals surface area contributed by atoms with Crippen LogP contribution in [-0.4, -0.2) is 37.1 Å². The van der Waals surface area contributed by atoms with E-state index in [-0.39, 0.29) is 23.9 Å². The van der Waals surface area contributed by atoms with Crippen LogP contribution in [0.1, 0.15) is 27.7 Å². The molecule has 2 unspecified atom stereocenters. The van der Waals surface area contributed by atoms with E-state index in [1.54, 1.807) is 0 Å². The molecule has 0 aliphatic carbocycles. The molecule has 0 amide bonds. The topological polar surface area (TPSA) is 27.7 Å². The van der Waals surface area contributed by atoms with E-state index in [4.69, 9.17) is 14.2 Å². The van der Waals surface area contributed by atoms with Gasteiger partial charge in [-0.1, -0.05) is 6.92 Å². The van der Waals surface area contributed by atoms with E-state index in [1.165, 1.54) is 0 Å². The molecule has 0 saturated carbocycles. The second-order valence-electron chi connectivity index (χ2n) is 5.34. The van der Waals surface area contributed by atoms with Crippen molar-refractivity contribution in [2.45, 2.75) is 51.6 Å². The fourth-order valence-electron chi connectivity index (χ4n) is 2.21. The maximum atomic E-state index is 5.91. The van der Waals surface area contributed by atoms with Gasteiger partial charge in [-0.15, -0.1) is 0 Å². The van der Waals surface area contributed by atoms with Crippen LogP contribution in [-0.2, 0) is 14.2 Å². The van der Waals surface area contributed by atoms with Crippen molar-refractivity contribution in [1.29, 1.82) is 0 Å². The molecule has 82 valence electrons. The number of hydrogen-bond donors (Lipinski definition) is 0. The average molecular weight is 200 g/mol. The predicted molar refractivity (Wildman–Crippen MR) is 53.3 cm³/mol. The van der Waals surface area contributed by atoms with E-state index in [0.29, 0.717) is 12.5 Å². The molecule has 2 aliphatic rings. The third kappa shape index (κ3) is 1.95. The molecule has 0 N–H and O–H groups in total. The Morgan fingerprint density at radius 2 is 1.71 bits per heavy atom. The van der Waals surface area contributed by atoms with Gasteiger partial charge in [0.1, 0.15) is 12.2 Å². The van der Waals surface area contributed by atoms with E-state index in [2.05, 4.69) is 27.7 Å². The van der Waals surface area contributed by atoms with E-state index < -0.39 is 0 Å². The Morgan fingerprint density at radius 3 is 2.36 bits per heavy atom. The lowest BCUT2D eigenvalue weighted by atomic mass is 10.0. The van der Waals surface area contributed by atoms with Crippen molar-refractivity contribution in [1.82, 2.24) is 0 Å². The number of fused-ring (bicyclic) bond motifs is 1. The molecule has 0 spiro atoms. The zero-order chi connectivity index (χ0) is 10.3. The Kier molecular flexibility index (Phi) is 2.58. The Labute approximate surface area is 85.7 Å². The highest BCUT2D eigenvalue weighted by molar-refractivity contribution is 4.94. The molecule has 3 heteroatoms. The van der Waals surface area contributed by atoms with Crippen LogP contribution in [0.15, 0.2) is 0 Å². The molecular formula is C11H20O3. The average Bonchev–Trinajstić information content (AvgIpc) is 2.55. The number of rotatable bonds is 1. The normalized spacial score (nSPS) is 42.9. The third-order valence-corrected chi connectivity index (χ3v) is 2.76. The van der Waals surface area contributed by atoms with Crippen molar-refractivity contribution in [2.75, 3.05) is 13.2 Å². The standard InChI is InChI=1S/C11H20O3/c1-7-5-12-10-8(6-13-9(7)10)14-11(2,3)4/h7-10H,5-6H2,1-4H3/t7-,8+,9?,10?/m0/s1. The van der Waals surface area contributed by atoms with Crippen LogP contribution in [0, 0.1) is 5.92 Å². The summed E-state index contributed by atoms with van der Waals surface area (Å²) in [4.78, 5) is 0. The maximum absolute atomic E-state index is 5.91. The molecular weight excluding hydrogens is 180 g/mol. The summed E-state index contributed by atoms with van der Waals surface area (Å²) in [6.07, 6.45) is 0.525. The summed E-state index contributed by atoms with van der Waals surface area (Å²) < 4.78 is 17.3. The minimum absolute atomic E-state index is 0.113. The van der Waals surface area contributed by atoms with E-state index in [1.807, 2.05) is 0 Å². The Bertz CT molecular complexity index is 209. The minimum atomic E-state index is -0.113. The van der Waals surface area contributed by atoms with Gasteiger partial charge in [-0.25, -0.2) is 0 Å². The molecule has 0 aromatic heterocycles. The monoisotopic (exact) mass is 200 g/mol. The highest BCUT2D eigenvalue weighted by Gasteiger charge is 2.47. The Hall–Kier alpha value is -0.120. The molecule has 14 heavy (non-hydrogen) atoms. The maximum Gasteiger partial charge on any atom is 0.112 e. The minimum Gasteiger partial charge on any atom is -0.372 e. The third-order valence-electron chi connectivity index (χ3n) is 2.76. The summed E-state index contributed by atoms with van der Waals surface area (Å²) in [7, 11) is 0. The van der Waals surface area contributed by atoms with E-state index >= 15 is 0 Å². The molecule has 0 radical (unpaired) electrons. The number of ether oxygens (including phenoxy) is 3. The summed E-state index contributed by atoms with van der Waals surface area (Å²) >= 11 is 0. The van der Waals surface area contributed by atoms with Gasteiger partial charge in [0.25, 0.3) is 0 Å². The fraction of sp³-hybridized carbons (Fsp3) is 1.00. The van der Waals surface area contributed by atoms with Crippen molar-refractivity contribution in [3.8, 4) is 0 Å². The van der Waals surface area contributed by atoms with E-state index in [0.717, 1.165) is 6.61 Å². The second kappa shape index (κ2) is 3.47. The molecule has 2 fully saturated rings. The highest BCUT2D eigenvalue weighted by atomic mass is 16.6. The summed E-state index contributed by atoms with van der Waals surface area (Å²) in [5.74, 6) is 0.508. The molecule has 2 rings (SSSR count). The Morgan fingerprint density at radius 1 is 1.07 bits per heavy atom. The lowest BCUT2D eigenvalue weighted by Gasteiger charge is -2.26. The van der Waals surface area contributed by atoms with Gasteiger partial charge in [0.2, 0.25) is 0 Å². The highest BCUT2D eigenvalue weighted by Crippen LogP contribution is 2.33. The molecule has 3 nitrogen and oxygen atoms in total. The first-order valence-corrected chi connectivity index (χ1v) is 5.38. The molecule has 2 saturated heterocycles. The first-order valence-electron chi connectivity index (χ1n) is 5.38. The Balaban J connectivity index is 1.97. The van der Waals surface area contributed by atoms with Crippen molar-refractivity contribution in [3.05, 3.63) is 0 Å². The summed E-state index contributed by atoms with van der Waals surface area (Å²) in [5, 5.41) is 0. The fourth-order valence-corrected chi connectivity index (χ4v) is 2.21. The van der Waals surface area contributed by atoms with E-state index in [9.17, 15) is 0 Å².